The zero-order valence-electron chi connectivity index (χ0n) is 10.9. The summed E-state index contributed by atoms with van der Waals surface area (Å²) in [7, 11) is 0. The molecule has 0 aromatic carbocycles. The summed E-state index contributed by atoms with van der Waals surface area (Å²) in [5.41, 5.74) is 0.527. The van der Waals surface area contributed by atoms with Gasteiger partial charge in [-0.05, 0) is 26.0 Å². The van der Waals surface area contributed by atoms with Gasteiger partial charge in [-0.3, -0.25) is 4.79 Å². The SMILES string of the molecule is CC(C)OCCNC(=O)c1csc(/C=C/C(=O)O)c1. The predicted molar refractivity (Wildman–Crippen MR) is 74.4 cm³/mol. The van der Waals surface area contributed by atoms with E-state index in [4.69, 9.17) is 9.84 Å². The molecule has 5 nitrogen and oxygen atoms in total. The Morgan fingerprint density at radius 3 is 2.89 bits per heavy atom. The Morgan fingerprint density at radius 2 is 2.26 bits per heavy atom. The van der Waals surface area contributed by atoms with Gasteiger partial charge in [0.1, 0.15) is 0 Å². The second-order valence-corrected chi connectivity index (χ2v) is 5.03. The molecule has 104 valence electrons. The first-order valence-corrected chi connectivity index (χ1v) is 6.76. The summed E-state index contributed by atoms with van der Waals surface area (Å²) < 4.78 is 5.31. The first-order valence-electron chi connectivity index (χ1n) is 5.88. The van der Waals surface area contributed by atoms with Crippen LogP contribution in [0.1, 0.15) is 29.1 Å². The Hall–Kier alpha value is -1.66. The van der Waals surface area contributed by atoms with Gasteiger partial charge in [-0.1, -0.05) is 0 Å². The molecule has 2 N–H and O–H groups in total. The minimum Gasteiger partial charge on any atom is -0.478 e. The summed E-state index contributed by atoms with van der Waals surface area (Å²) in [5, 5.41) is 12.9. The Morgan fingerprint density at radius 1 is 1.53 bits per heavy atom. The van der Waals surface area contributed by atoms with Crippen LogP contribution in [-0.4, -0.2) is 36.2 Å². The number of ether oxygens (including phenoxy) is 1. The molecule has 0 aliphatic heterocycles. The average Bonchev–Trinajstić information content (AvgIpc) is 2.80. The van der Waals surface area contributed by atoms with Crippen molar-refractivity contribution in [1.29, 1.82) is 0 Å². The molecule has 1 heterocycles. The molecular formula is C13H17NO4S. The summed E-state index contributed by atoms with van der Waals surface area (Å²) >= 11 is 1.32. The summed E-state index contributed by atoms with van der Waals surface area (Å²) in [6.07, 6.45) is 2.65. The van der Waals surface area contributed by atoms with Crippen molar-refractivity contribution in [2.75, 3.05) is 13.2 Å². The van der Waals surface area contributed by atoms with E-state index in [2.05, 4.69) is 5.32 Å². The smallest absolute Gasteiger partial charge is 0.328 e. The van der Waals surface area contributed by atoms with Gasteiger partial charge in [-0.25, -0.2) is 4.79 Å². The number of amides is 1. The summed E-state index contributed by atoms with van der Waals surface area (Å²) in [5.74, 6) is -1.19. The molecule has 0 aliphatic carbocycles. The van der Waals surface area contributed by atoms with Crippen molar-refractivity contribution in [3.05, 3.63) is 28.0 Å². The van der Waals surface area contributed by atoms with Gasteiger partial charge in [0.05, 0.1) is 18.3 Å². The molecule has 1 aromatic rings. The molecule has 1 amide bonds. The van der Waals surface area contributed by atoms with Crippen LogP contribution in [0.4, 0.5) is 0 Å². The molecule has 1 aromatic heterocycles. The second kappa shape index (κ2) is 7.70. The minimum absolute atomic E-state index is 0.144. The van der Waals surface area contributed by atoms with Crippen molar-refractivity contribution < 1.29 is 19.4 Å². The van der Waals surface area contributed by atoms with Crippen LogP contribution >= 0.6 is 11.3 Å². The highest BCUT2D eigenvalue weighted by Crippen LogP contribution is 2.16. The first kappa shape index (κ1) is 15.4. The van der Waals surface area contributed by atoms with Gasteiger partial charge >= 0.3 is 5.97 Å². The molecule has 0 bridgehead atoms. The van der Waals surface area contributed by atoms with E-state index < -0.39 is 5.97 Å². The molecular weight excluding hydrogens is 266 g/mol. The summed E-state index contributed by atoms with van der Waals surface area (Å²) in [4.78, 5) is 22.8. The van der Waals surface area contributed by atoms with Crippen molar-refractivity contribution in [2.45, 2.75) is 20.0 Å². The van der Waals surface area contributed by atoms with Crippen LogP contribution < -0.4 is 5.32 Å². The van der Waals surface area contributed by atoms with Gasteiger partial charge in [-0.2, -0.15) is 0 Å². The van der Waals surface area contributed by atoms with Crippen LogP contribution in [0.25, 0.3) is 6.08 Å². The Labute approximate surface area is 115 Å². The summed E-state index contributed by atoms with van der Waals surface area (Å²) in [6.45, 7) is 4.79. The van der Waals surface area contributed by atoms with E-state index >= 15 is 0 Å². The van der Waals surface area contributed by atoms with Crippen LogP contribution in [0.5, 0.6) is 0 Å². The number of aliphatic carboxylic acids is 1. The Kier molecular flexibility index (Phi) is 6.24. The molecule has 0 saturated carbocycles. The monoisotopic (exact) mass is 283 g/mol. The molecule has 0 saturated heterocycles. The largest absolute Gasteiger partial charge is 0.478 e. The van der Waals surface area contributed by atoms with E-state index in [1.807, 2.05) is 13.8 Å². The van der Waals surface area contributed by atoms with Gasteiger partial charge in [-0.15, -0.1) is 11.3 Å². The van der Waals surface area contributed by atoms with Crippen molar-refractivity contribution in [2.24, 2.45) is 0 Å². The number of carbonyl (C=O) groups is 2. The Bertz CT molecular complexity index is 465. The first-order chi connectivity index (χ1) is 8.99. The topological polar surface area (TPSA) is 75.6 Å². The van der Waals surface area contributed by atoms with Gasteiger partial charge in [0.2, 0.25) is 0 Å². The van der Waals surface area contributed by atoms with E-state index in [1.54, 1.807) is 11.4 Å². The average molecular weight is 283 g/mol. The van der Waals surface area contributed by atoms with Crippen LogP contribution in [0.15, 0.2) is 17.5 Å². The standard InChI is InChI=1S/C13H17NO4S/c1-9(2)18-6-5-14-13(17)10-7-11(19-8-10)3-4-12(15)16/h3-4,7-9H,5-6H2,1-2H3,(H,14,17)(H,15,16)/b4-3+. The molecule has 0 aliphatic rings. The molecule has 0 fully saturated rings. The Balaban J connectivity index is 2.43. The number of carboxylic acids is 1. The van der Waals surface area contributed by atoms with E-state index in [1.165, 1.54) is 17.4 Å². The van der Waals surface area contributed by atoms with E-state index in [0.717, 1.165) is 11.0 Å². The molecule has 0 radical (unpaired) electrons. The van der Waals surface area contributed by atoms with Crippen molar-refractivity contribution >= 4 is 29.3 Å². The number of carbonyl (C=O) groups excluding carboxylic acids is 1. The number of carboxylic acid groups (broad SMARTS) is 1. The predicted octanol–water partition coefficient (Wildman–Crippen LogP) is 2.00. The lowest BCUT2D eigenvalue weighted by molar-refractivity contribution is -0.131. The zero-order valence-corrected chi connectivity index (χ0v) is 11.7. The fourth-order valence-corrected chi connectivity index (χ4v) is 2.05. The van der Waals surface area contributed by atoms with Crippen molar-refractivity contribution in [3.8, 4) is 0 Å². The highest BCUT2D eigenvalue weighted by atomic mass is 32.1. The number of hydrogen-bond donors (Lipinski definition) is 2. The van der Waals surface area contributed by atoms with Gasteiger partial charge < -0.3 is 15.2 Å². The van der Waals surface area contributed by atoms with E-state index in [0.29, 0.717) is 18.7 Å². The van der Waals surface area contributed by atoms with E-state index in [-0.39, 0.29) is 12.0 Å². The third-order valence-corrected chi connectivity index (χ3v) is 3.01. The lowest BCUT2D eigenvalue weighted by Crippen LogP contribution is -2.27. The van der Waals surface area contributed by atoms with Gasteiger partial charge in [0.15, 0.2) is 0 Å². The second-order valence-electron chi connectivity index (χ2n) is 4.08. The molecule has 0 unspecified atom stereocenters. The summed E-state index contributed by atoms with van der Waals surface area (Å²) in [6, 6.07) is 1.66. The number of nitrogens with one attached hydrogen (secondary N) is 1. The molecule has 0 spiro atoms. The maximum Gasteiger partial charge on any atom is 0.328 e. The maximum absolute atomic E-state index is 11.7. The molecule has 19 heavy (non-hydrogen) atoms. The fraction of sp³-hybridized carbons (Fsp3) is 0.385. The lowest BCUT2D eigenvalue weighted by Gasteiger charge is -2.07. The molecule has 1 rings (SSSR count). The van der Waals surface area contributed by atoms with Crippen LogP contribution in [0.2, 0.25) is 0 Å². The number of thiophene rings is 1. The lowest BCUT2D eigenvalue weighted by atomic mass is 10.3. The normalized spacial score (nSPS) is 11.1. The van der Waals surface area contributed by atoms with Gasteiger partial charge in [0.25, 0.3) is 5.91 Å². The van der Waals surface area contributed by atoms with Crippen molar-refractivity contribution in [1.82, 2.24) is 5.32 Å². The van der Waals surface area contributed by atoms with Crippen LogP contribution in [0.3, 0.4) is 0 Å². The number of rotatable bonds is 7. The zero-order chi connectivity index (χ0) is 14.3. The van der Waals surface area contributed by atoms with E-state index in [9.17, 15) is 9.59 Å². The highest BCUT2D eigenvalue weighted by Gasteiger charge is 2.07. The van der Waals surface area contributed by atoms with Crippen LogP contribution in [0, 0.1) is 0 Å². The minimum atomic E-state index is -1.01. The fourth-order valence-electron chi connectivity index (χ4n) is 1.27. The van der Waals surface area contributed by atoms with Crippen molar-refractivity contribution in [3.63, 3.8) is 0 Å². The quantitative estimate of drug-likeness (QED) is 0.593. The molecule has 6 heteroatoms. The third kappa shape index (κ3) is 6.17. The van der Waals surface area contributed by atoms with Crippen LogP contribution in [-0.2, 0) is 9.53 Å². The third-order valence-electron chi connectivity index (χ3n) is 2.11. The molecule has 0 atom stereocenters. The van der Waals surface area contributed by atoms with Gasteiger partial charge in [0, 0.05) is 22.9 Å². The number of hydrogen-bond acceptors (Lipinski definition) is 4. The highest BCUT2D eigenvalue weighted by molar-refractivity contribution is 7.11. The maximum atomic E-state index is 11.7.